The monoisotopic (exact) mass is 690 g/mol. The second-order valence-corrected chi connectivity index (χ2v) is 12.6. The van der Waals surface area contributed by atoms with E-state index in [2.05, 4.69) is 153 Å². The molecule has 0 atom stereocenters. The van der Waals surface area contributed by atoms with Crippen LogP contribution in [0.4, 0.5) is 0 Å². The average Bonchev–Trinajstić information content (AvgIpc) is 3.09. The smallest absolute Gasteiger partial charge is 0.0971 e. The van der Waals surface area contributed by atoms with E-state index in [1.54, 1.807) is 0 Å². The highest BCUT2D eigenvalue weighted by Gasteiger charge is 2.27. The van der Waals surface area contributed by atoms with E-state index in [1.807, 2.05) is 24.5 Å². The van der Waals surface area contributed by atoms with Gasteiger partial charge in [0.25, 0.3) is 0 Å². The first kappa shape index (κ1) is 26.9. The van der Waals surface area contributed by atoms with Gasteiger partial charge < -0.3 is 0 Å². The predicted molar refractivity (Wildman–Crippen MR) is 192 cm³/mol. The Balaban J connectivity index is 1.76. The van der Waals surface area contributed by atoms with E-state index in [9.17, 15) is 0 Å². The Morgan fingerprint density at radius 3 is 1.09 bits per heavy atom. The minimum Gasteiger partial charge on any atom is -0.254 e. The first-order valence-corrected chi connectivity index (χ1v) is 16.1. The summed E-state index contributed by atoms with van der Waals surface area (Å²) in [5.41, 5.74) is 11.2. The van der Waals surface area contributed by atoms with Gasteiger partial charge in [-0.05, 0) is 80.9 Å². The quantitative estimate of drug-likeness (QED) is 0.172. The normalized spacial score (nSPS) is 11.4. The topological polar surface area (TPSA) is 25.8 Å². The van der Waals surface area contributed by atoms with Crippen LogP contribution in [0.25, 0.3) is 77.1 Å². The minimum absolute atomic E-state index is 0.905. The Kier molecular flexibility index (Phi) is 6.82. The maximum Gasteiger partial charge on any atom is 0.0971 e. The maximum atomic E-state index is 4.93. The van der Waals surface area contributed by atoms with Crippen LogP contribution in [-0.2, 0) is 0 Å². The molecule has 8 aromatic rings. The fourth-order valence-electron chi connectivity index (χ4n) is 6.48. The number of hydrogen-bond acceptors (Lipinski definition) is 2. The molecule has 208 valence electrons. The molecule has 8 rings (SSSR count). The number of rotatable bonds is 4. The molecule has 0 amide bonds. The third-order valence-corrected chi connectivity index (χ3v) is 9.33. The van der Waals surface area contributed by atoms with Gasteiger partial charge in [-0.3, -0.25) is 9.97 Å². The van der Waals surface area contributed by atoms with Crippen LogP contribution < -0.4 is 0 Å². The van der Waals surface area contributed by atoms with Crippen molar-refractivity contribution in [3.05, 3.63) is 155 Å². The largest absolute Gasteiger partial charge is 0.254 e. The SMILES string of the molecule is Brc1ccc(-c2c(-c3ccccc3)c(-c3ccccc3)c(-c3ccc(Br)cc3)c3c4cccnc4c4ncccc4c23)cc1. The lowest BCUT2D eigenvalue weighted by Crippen LogP contribution is -2.00. The van der Waals surface area contributed by atoms with Gasteiger partial charge >= 0.3 is 0 Å². The lowest BCUT2D eigenvalue weighted by molar-refractivity contribution is 1.38. The summed E-state index contributed by atoms with van der Waals surface area (Å²) in [6.07, 6.45) is 3.74. The number of fused-ring (bicyclic) bond motifs is 6. The minimum atomic E-state index is 0.905. The Morgan fingerprint density at radius 2 is 0.705 bits per heavy atom. The van der Waals surface area contributed by atoms with E-state index in [1.165, 1.54) is 33.0 Å². The molecular formula is C40H24Br2N2. The summed E-state index contributed by atoms with van der Waals surface area (Å²) in [4.78, 5) is 9.86. The summed E-state index contributed by atoms with van der Waals surface area (Å²) in [7, 11) is 0. The van der Waals surface area contributed by atoms with E-state index >= 15 is 0 Å². The zero-order valence-corrected chi connectivity index (χ0v) is 26.7. The second-order valence-electron chi connectivity index (χ2n) is 10.8. The van der Waals surface area contributed by atoms with Gasteiger partial charge in [-0.2, -0.15) is 0 Å². The fraction of sp³-hybridized carbons (Fsp3) is 0. The molecule has 0 aliphatic heterocycles. The molecule has 2 aromatic heterocycles. The van der Waals surface area contributed by atoms with Crippen molar-refractivity contribution in [3.63, 3.8) is 0 Å². The van der Waals surface area contributed by atoms with Gasteiger partial charge in [-0.25, -0.2) is 0 Å². The van der Waals surface area contributed by atoms with Crippen molar-refractivity contribution in [2.24, 2.45) is 0 Å². The molecule has 0 bridgehead atoms. The molecule has 0 fully saturated rings. The molecule has 0 unspecified atom stereocenters. The molecule has 0 N–H and O–H groups in total. The Bertz CT molecular complexity index is 2150. The molecule has 0 aliphatic rings. The van der Waals surface area contributed by atoms with Crippen molar-refractivity contribution in [2.75, 3.05) is 0 Å². The second kappa shape index (κ2) is 11.1. The average molecular weight is 692 g/mol. The van der Waals surface area contributed by atoms with E-state index in [0.29, 0.717) is 0 Å². The van der Waals surface area contributed by atoms with E-state index in [4.69, 9.17) is 9.97 Å². The van der Waals surface area contributed by atoms with Gasteiger partial charge in [-0.15, -0.1) is 0 Å². The van der Waals surface area contributed by atoms with Crippen LogP contribution in [0.3, 0.4) is 0 Å². The summed E-state index contributed by atoms with van der Waals surface area (Å²) >= 11 is 7.36. The van der Waals surface area contributed by atoms with E-state index in [0.717, 1.165) is 53.0 Å². The molecule has 2 heterocycles. The summed E-state index contributed by atoms with van der Waals surface area (Å²) < 4.78 is 2.09. The van der Waals surface area contributed by atoms with Gasteiger partial charge in [-0.1, -0.05) is 129 Å². The predicted octanol–water partition coefficient (Wildman–Crippen LogP) is 12.1. The van der Waals surface area contributed by atoms with Crippen LogP contribution in [-0.4, -0.2) is 9.97 Å². The zero-order valence-electron chi connectivity index (χ0n) is 23.5. The molecule has 4 heteroatoms. The Hall–Kier alpha value is -4.64. The Morgan fingerprint density at radius 1 is 0.341 bits per heavy atom. The van der Waals surface area contributed by atoms with Crippen molar-refractivity contribution in [3.8, 4) is 44.5 Å². The van der Waals surface area contributed by atoms with Crippen LogP contribution in [0, 0.1) is 0 Å². The number of benzene rings is 6. The molecule has 2 nitrogen and oxygen atoms in total. The first-order valence-electron chi connectivity index (χ1n) is 14.5. The first-order chi connectivity index (χ1) is 21.7. The van der Waals surface area contributed by atoms with Gasteiger partial charge in [0.2, 0.25) is 0 Å². The van der Waals surface area contributed by atoms with Crippen molar-refractivity contribution in [1.29, 1.82) is 0 Å². The highest BCUT2D eigenvalue weighted by molar-refractivity contribution is 9.10. The summed E-state index contributed by atoms with van der Waals surface area (Å²) in [6.45, 7) is 0. The van der Waals surface area contributed by atoms with Crippen molar-refractivity contribution in [2.45, 2.75) is 0 Å². The number of halogens is 2. The van der Waals surface area contributed by atoms with Gasteiger partial charge in [0, 0.05) is 42.9 Å². The van der Waals surface area contributed by atoms with Crippen LogP contribution in [0.15, 0.2) is 155 Å². The lowest BCUT2D eigenvalue weighted by Gasteiger charge is -2.26. The third-order valence-electron chi connectivity index (χ3n) is 8.27. The molecule has 0 saturated heterocycles. The molecule has 0 spiro atoms. The Labute approximate surface area is 272 Å². The molecule has 0 saturated carbocycles. The van der Waals surface area contributed by atoms with Gasteiger partial charge in [0.15, 0.2) is 0 Å². The van der Waals surface area contributed by atoms with Gasteiger partial charge in [0.1, 0.15) is 0 Å². The fourth-order valence-corrected chi connectivity index (χ4v) is 7.01. The van der Waals surface area contributed by atoms with E-state index < -0.39 is 0 Å². The van der Waals surface area contributed by atoms with Crippen molar-refractivity contribution in [1.82, 2.24) is 9.97 Å². The van der Waals surface area contributed by atoms with Crippen LogP contribution >= 0.6 is 31.9 Å². The highest BCUT2D eigenvalue weighted by Crippen LogP contribution is 2.54. The van der Waals surface area contributed by atoms with Crippen molar-refractivity contribution < 1.29 is 0 Å². The third kappa shape index (κ3) is 4.45. The highest BCUT2D eigenvalue weighted by atomic mass is 79.9. The molecular weight excluding hydrogens is 668 g/mol. The molecule has 44 heavy (non-hydrogen) atoms. The number of hydrogen-bond donors (Lipinski definition) is 0. The standard InChI is InChI=1S/C40H24Br2N2/c41-29-19-15-27(16-20-29)35-33(25-9-3-1-4-10-25)34(26-11-5-2-6-12-26)36(28-17-21-30(42)22-18-28)38-32-14-8-24-44-40(32)39-31(37(35)38)13-7-23-43-39/h1-24H. The molecule has 0 aliphatic carbocycles. The number of nitrogens with zero attached hydrogens (tertiary/aromatic N) is 2. The van der Waals surface area contributed by atoms with Crippen LogP contribution in [0.2, 0.25) is 0 Å². The summed E-state index contributed by atoms with van der Waals surface area (Å²) in [6, 6.07) is 47.4. The van der Waals surface area contributed by atoms with Crippen LogP contribution in [0.1, 0.15) is 0 Å². The summed E-state index contributed by atoms with van der Waals surface area (Å²) in [5, 5.41) is 4.52. The number of pyridine rings is 2. The zero-order chi connectivity index (χ0) is 29.6. The van der Waals surface area contributed by atoms with E-state index in [-0.39, 0.29) is 0 Å². The van der Waals surface area contributed by atoms with Crippen LogP contribution in [0.5, 0.6) is 0 Å². The lowest BCUT2D eigenvalue weighted by atomic mass is 9.77. The van der Waals surface area contributed by atoms with Gasteiger partial charge in [0.05, 0.1) is 11.0 Å². The summed E-state index contributed by atoms with van der Waals surface area (Å²) in [5.74, 6) is 0. The molecule has 0 radical (unpaired) electrons. The number of aromatic nitrogens is 2. The molecule has 6 aromatic carbocycles. The maximum absolute atomic E-state index is 4.93. The van der Waals surface area contributed by atoms with Crippen molar-refractivity contribution >= 4 is 64.4 Å².